The van der Waals surface area contributed by atoms with Crippen LogP contribution in [-0.4, -0.2) is 23.1 Å². The summed E-state index contributed by atoms with van der Waals surface area (Å²) >= 11 is 0. The van der Waals surface area contributed by atoms with Crippen LogP contribution in [0.5, 0.6) is 0 Å². The Labute approximate surface area is 156 Å². The van der Waals surface area contributed by atoms with Gasteiger partial charge in [0.25, 0.3) is 10.1 Å². The first kappa shape index (κ1) is 18.7. The standard InChI is InChI=1S/C18H17N3O5S/c1-13-3-9-17(10-4-13)27(24,25)26-14(2)15-5-7-16(8-6-15)20-12-11-18(19-20)21(22)23/h3-12,14H,1-2H3. The number of hydrogen-bond acceptors (Lipinski definition) is 6. The van der Waals surface area contributed by atoms with Crippen molar-refractivity contribution in [1.82, 2.24) is 9.78 Å². The van der Waals surface area contributed by atoms with Crippen LogP contribution in [0.25, 0.3) is 5.69 Å². The van der Waals surface area contributed by atoms with Gasteiger partial charge in [0.05, 0.1) is 34.0 Å². The molecule has 1 atom stereocenters. The quantitative estimate of drug-likeness (QED) is 0.364. The molecule has 8 nitrogen and oxygen atoms in total. The summed E-state index contributed by atoms with van der Waals surface area (Å²) in [6, 6.07) is 14.5. The lowest BCUT2D eigenvalue weighted by Crippen LogP contribution is -2.10. The molecule has 1 unspecified atom stereocenters. The second-order valence-electron chi connectivity index (χ2n) is 5.97. The molecule has 0 saturated heterocycles. The molecule has 1 heterocycles. The summed E-state index contributed by atoms with van der Waals surface area (Å²) in [5.41, 5.74) is 2.22. The number of benzene rings is 2. The third kappa shape index (κ3) is 4.21. The lowest BCUT2D eigenvalue weighted by atomic mass is 10.1. The van der Waals surface area contributed by atoms with Gasteiger partial charge in [0, 0.05) is 0 Å². The summed E-state index contributed by atoms with van der Waals surface area (Å²) in [4.78, 5) is 10.2. The Morgan fingerprint density at radius 2 is 1.70 bits per heavy atom. The number of aryl methyl sites for hydroxylation is 1. The summed E-state index contributed by atoms with van der Waals surface area (Å²) in [5, 5.41) is 14.6. The average Bonchev–Trinajstić information content (AvgIpc) is 3.12. The molecule has 0 fully saturated rings. The second-order valence-corrected chi connectivity index (χ2v) is 7.54. The van der Waals surface area contributed by atoms with Crippen LogP contribution in [-0.2, 0) is 14.3 Å². The fourth-order valence-electron chi connectivity index (χ4n) is 2.46. The Morgan fingerprint density at radius 3 is 2.26 bits per heavy atom. The normalized spacial score (nSPS) is 12.7. The van der Waals surface area contributed by atoms with E-state index in [1.54, 1.807) is 43.3 Å². The maximum Gasteiger partial charge on any atom is 0.390 e. The summed E-state index contributed by atoms with van der Waals surface area (Å²) < 4.78 is 31.4. The van der Waals surface area contributed by atoms with Gasteiger partial charge in [-0.25, -0.2) is 0 Å². The number of rotatable bonds is 6. The van der Waals surface area contributed by atoms with E-state index in [4.69, 9.17) is 4.18 Å². The van der Waals surface area contributed by atoms with Crippen LogP contribution in [0.4, 0.5) is 5.82 Å². The van der Waals surface area contributed by atoms with Gasteiger partial charge in [0.1, 0.15) is 0 Å². The third-order valence-corrected chi connectivity index (χ3v) is 5.36. The number of nitro groups is 1. The maximum atomic E-state index is 12.4. The van der Waals surface area contributed by atoms with Gasteiger partial charge >= 0.3 is 5.82 Å². The van der Waals surface area contributed by atoms with Gasteiger partial charge in [-0.1, -0.05) is 29.8 Å². The summed E-state index contributed by atoms with van der Waals surface area (Å²) in [7, 11) is -3.89. The Hall–Kier alpha value is -3.04. The van der Waals surface area contributed by atoms with Crippen LogP contribution in [0.3, 0.4) is 0 Å². The van der Waals surface area contributed by atoms with Gasteiger partial charge in [-0.15, -0.1) is 4.68 Å². The van der Waals surface area contributed by atoms with Crippen molar-refractivity contribution in [2.45, 2.75) is 24.8 Å². The van der Waals surface area contributed by atoms with Crippen LogP contribution >= 0.6 is 0 Å². The van der Waals surface area contributed by atoms with E-state index in [2.05, 4.69) is 5.10 Å². The summed E-state index contributed by atoms with van der Waals surface area (Å²) in [5.74, 6) is -0.250. The van der Waals surface area contributed by atoms with Gasteiger partial charge in [-0.3, -0.25) is 4.18 Å². The van der Waals surface area contributed by atoms with Crippen LogP contribution in [0, 0.1) is 17.0 Å². The van der Waals surface area contributed by atoms with Gasteiger partial charge in [0.2, 0.25) is 0 Å². The molecule has 27 heavy (non-hydrogen) atoms. The summed E-state index contributed by atoms with van der Waals surface area (Å²) in [6.45, 7) is 3.51. The largest absolute Gasteiger partial charge is 0.390 e. The fourth-order valence-corrected chi connectivity index (χ4v) is 3.53. The molecule has 0 amide bonds. The highest BCUT2D eigenvalue weighted by atomic mass is 32.2. The van der Waals surface area contributed by atoms with Crippen molar-refractivity contribution in [3.63, 3.8) is 0 Å². The molecule has 0 spiro atoms. The minimum atomic E-state index is -3.89. The molecule has 0 radical (unpaired) electrons. The zero-order valence-corrected chi connectivity index (χ0v) is 15.5. The highest BCUT2D eigenvalue weighted by Gasteiger charge is 2.20. The molecule has 0 saturated carbocycles. The van der Waals surface area contributed by atoms with Crippen molar-refractivity contribution >= 4 is 15.9 Å². The zero-order chi connectivity index (χ0) is 19.6. The van der Waals surface area contributed by atoms with Crippen molar-refractivity contribution in [2.24, 2.45) is 0 Å². The molecule has 3 rings (SSSR count). The van der Waals surface area contributed by atoms with Gasteiger partial charge in [-0.2, -0.15) is 8.42 Å². The monoisotopic (exact) mass is 387 g/mol. The third-order valence-electron chi connectivity index (χ3n) is 3.97. The van der Waals surface area contributed by atoms with Crippen LogP contribution in [0.2, 0.25) is 0 Å². The maximum absolute atomic E-state index is 12.4. The van der Waals surface area contributed by atoms with Gasteiger partial charge in [0.15, 0.2) is 0 Å². The first-order valence-corrected chi connectivity index (χ1v) is 9.47. The molecule has 1 aromatic heterocycles. The average molecular weight is 387 g/mol. The molecule has 2 aromatic carbocycles. The predicted molar refractivity (Wildman–Crippen MR) is 98.1 cm³/mol. The van der Waals surface area contributed by atoms with Crippen molar-refractivity contribution in [2.75, 3.05) is 0 Å². The highest BCUT2D eigenvalue weighted by molar-refractivity contribution is 7.86. The zero-order valence-electron chi connectivity index (χ0n) is 14.6. The van der Waals surface area contributed by atoms with E-state index in [1.165, 1.54) is 29.1 Å². The molecule has 9 heteroatoms. The van der Waals surface area contributed by atoms with E-state index in [0.29, 0.717) is 11.3 Å². The van der Waals surface area contributed by atoms with E-state index < -0.39 is 21.1 Å². The molecule has 0 aliphatic heterocycles. The Bertz CT molecular complexity index is 1060. The molecular weight excluding hydrogens is 370 g/mol. The van der Waals surface area contributed by atoms with Gasteiger partial charge < -0.3 is 10.1 Å². The molecule has 3 aromatic rings. The van der Waals surface area contributed by atoms with E-state index in [-0.39, 0.29) is 10.7 Å². The smallest absolute Gasteiger partial charge is 0.358 e. The van der Waals surface area contributed by atoms with Crippen LogP contribution in [0.15, 0.2) is 65.7 Å². The van der Waals surface area contributed by atoms with Crippen molar-refractivity contribution in [3.8, 4) is 5.69 Å². The topological polar surface area (TPSA) is 104 Å². The van der Waals surface area contributed by atoms with Crippen molar-refractivity contribution < 1.29 is 17.5 Å². The van der Waals surface area contributed by atoms with E-state index in [9.17, 15) is 18.5 Å². The molecular formula is C18H17N3O5S. The molecule has 140 valence electrons. The Balaban J connectivity index is 1.76. The first-order valence-electron chi connectivity index (χ1n) is 8.06. The predicted octanol–water partition coefficient (Wildman–Crippen LogP) is 3.56. The minimum Gasteiger partial charge on any atom is -0.358 e. The van der Waals surface area contributed by atoms with E-state index >= 15 is 0 Å². The van der Waals surface area contributed by atoms with Crippen molar-refractivity contribution in [1.29, 1.82) is 0 Å². The Kier molecular flexibility index (Phi) is 5.06. The van der Waals surface area contributed by atoms with E-state index in [1.807, 2.05) is 6.92 Å². The lowest BCUT2D eigenvalue weighted by Gasteiger charge is -2.14. The molecule has 0 bridgehead atoms. The molecule has 0 aliphatic carbocycles. The lowest BCUT2D eigenvalue weighted by molar-refractivity contribution is -0.389. The second kappa shape index (κ2) is 7.29. The SMILES string of the molecule is Cc1ccc(S(=O)(=O)OC(C)c2ccc(-n3ccc([N+](=O)[O-])n3)cc2)cc1. The number of hydrogen-bond donors (Lipinski definition) is 0. The molecule has 0 N–H and O–H groups in total. The highest BCUT2D eigenvalue weighted by Crippen LogP contribution is 2.24. The van der Waals surface area contributed by atoms with Crippen LogP contribution < -0.4 is 0 Å². The number of aromatic nitrogens is 2. The first-order chi connectivity index (χ1) is 12.8. The van der Waals surface area contributed by atoms with Crippen LogP contribution in [0.1, 0.15) is 24.2 Å². The minimum absolute atomic E-state index is 0.0976. The fraction of sp³-hybridized carbons (Fsp3) is 0.167. The molecule has 0 aliphatic rings. The van der Waals surface area contributed by atoms with E-state index in [0.717, 1.165) is 5.56 Å². The summed E-state index contributed by atoms with van der Waals surface area (Å²) in [6.07, 6.45) is 0.784. The Morgan fingerprint density at radius 1 is 1.07 bits per heavy atom. The van der Waals surface area contributed by atoms with Gasteiger partial charge in [-0.05, 0) is 48.6 Å². The van der Waals surface area contributed by atoms with Crippen molar-refractivity contribution in [3.05, 3.63) is 82.0 Å². The number of nitrogens with zero attached hydrogens (tertiary/aromatic N) is 3.